The minimum absolute atomic E-state index is 0.109. The highest BCUT2D eigenvalue weighted by atomic mass is 35.5. The van der Waals surface area contributed by atoms with Crippen LogP contribution in [-0.2, 0) is 0 Å². The average molecular weight is 389 g/mol. The van der Waals surface area contributed by atoms with Gasteiger partial charge in [0, 0.05) is 42.8 Å². The second-order valence-corrected chi connectivity index (χ2v) is 7.34. The Bertz CT molecular complexity index is 850. The fourth-order valence-electron chi connectivity index (χ4n) is 3.28. The van der Waals surface area contributed by atoms with Crippen LogP contribution in [0.1, 0.15) is 41.4 Å². The van der Waals surface area contributed by atoms with E-state index in [4.69, 9.17) is 11.6 Å². The maximum Gasteiger partial charge on any atom is 0.321 e. The Hall–Kier alpha value is -2.61. The van der Waals surface area contributed by atoms with Gasteiger partial charge in [-0.25, -0.2) is 4.79 Å². The van der Waals surface area contributed by atoms with E-state index in [2.05, 4.69) is 20.7 Å². The molecule has 2 heterocycles. The zero-order valence-corrected chi connectivity index (χ0v) is 15.6. The Morgan fingerprint density at radius 1 is 1.11 bits per heavy atom. The van der Waals surface area contributed by atoms with Gasteiger partial charge in [0.15, 0.2) is 5.69 Å². The molecule has 142 valence electrons. The van der Waals surface area contributed by atoms with Crippen molar-refractivity contribution in [2.24, 2.45) is 0 Å². The van der Waals surface area contributed by atoms with Gasteiger partial charge in [-0.2, -0.15) is 15.4 Å². The number of carbonyl (C=O) groups is 2. The van der Waals surface area contributed by atoms with Crippen LogP contribution >= 0.6 is 11.6 Å². The van der Waals surface area contributed by atoms with Crippen molar-refractivity contribution >= 4 is 29.2 Å². The highest BCUT2D eigenvalue weighted by Gasteiger charge is 2.34. The van der Waals surface area contributed by atoms with E-state index in [-0.39, 0.29) is 11.9 Å². The maximum atomic E-state index is 12.8. The van der Waals surface area contributed by atoms with Crippen molar-refractivity contribution in [2.75, 3.05) is 31.5 Å². The maximum absolute atomic E-state index is 12.8. The first-order valence-corrected chi connectivity index (χ1v) is 9.51. The highest BCUT2D eigenvalue weighted by molar-refractivity contribution is 6.30. The van der Waals surface area contributed by atoms with Crippen molar-refractivity contribution in [1.82, 2.24) is 25.2 Å². The van der Waals surface area contributed by atoms with E-state index in [1.54, 1.807) is 34.1 Å². The van der Waals surface area contributed by atoms with Crippen LogP contribution in [0.3, 0.4) is 0 Å². The summed E-state index contributed by atoms with van der Waals surface area (Å²) in [4.78, 5) is 28.9. The molecule has 1 aromatic heterocycles. The summed E-state index contributed by atoms with van der Waals surface area (Å²) in [5.74, 6) is 0.248. The molecule has 8 nitrogen and oxygen atoms in total. The first-order chi connectivity index (χ1) is 13.1. The molecule has 2 aliphatic rings. The van der Waals surface area contributed by atoms with E-state index < -0.39 is 0 Å². The molecule has 0 radical (unpaired) electrons. The van der Waals surface area contributed by atoms with Crippen LogP contribution in [0.4, 0.5) is 10.5 Å². The van der Waals surface area contributed by atoms with Crippen LogP contribution in [0.15, 0.2) is 24.3 Å². The van der Waals surface area contributed by atoms with Crippen LogP contribution in [-0.4, -0.2) is 63.3 Å². The summed E-state index contributed by atoms with van der Waals surface area (Å²) in [6.45, 7) is 2.12. The number of aromatic nitrogens is 3. The predicted molar refractivity (Wildman–Crippen MR) is 101 cm³/mol. The van der Waals surface area contributed by atoms with Crippen molar-refractivity contribution < 1.29 is 9.59 Å². The van der Waals surface area contributed by atoms with Crippen LogP contribution < -0.4 is 5.32 Å². The van der Waals surface area contributed by atoms with E-state index >= 15 is 0 Å². The van der Waals surface area contributed by atoms with Gasteiger partial charge in [0.05, 0.1) is 5.69 Å². The van der Waals surface area contributed by atoms with Crippen molar-refractivity contribution in [3.05, 3.63) is 40.7 Å². The number of nitrogens with one attached hydrogen (secondary N) is 2. The lowest BCUT2D eigenvalue weighted by atomic mass is 10.2. The van der Waals surface area contributed by atoms with Gasteiger partial charge in [0.1, 0.15) is 0 Å². The Morgan fingerprint density at radius 2 is 1.89 bits per heavy atom. The van der Waals surface area contributed by atoms with Gasteiger partial charge in [0.25, 0.3) is 5.91 Å². The van der Waals surface area contributed by atoms with Gasteiger partial charge < -0.3 is 15.1 Å². The summed E-state index contributed by atoms with van der Waals surface area (Å²) in [6.07, 6.45) is 2.83. The highest BCUT2D eigenvalue weighted by Crippen LogP contribution is 2.40. The standard InChI is InChI=1S/C18H21ClN6O2/c19-13-3-1-4-14(11-13)20-18(27)25-8-2-7-24(9-10-25)17(26)16-15(12-5-6-12)21-23-22-16/h1,3-4,11-12H,2,5-10H2,(H,20,27)(H,21,22,23). The molecule has 4 rings (SSSR count). The van der Waals surface area contributed by atoms with Gasteiger partial charge in [-0.15, -0.1) is 0 Å². The van der Waals surface area contributed by atoms with Crippen LogP contribution in [0, 0.1) is 0 Å². The number of nitrogens with zero attached hydrogens (tertiary/aromatic N) is 4. The van der Waals surface area contributed by atoms with E-state index in [0.29, 0.717) is 54.9 Å². The summed E-state index contributed by atoms with van der Waals surface area (Å²) in [7, 11) is 0. The van der Waals surface area contributed by atoms with E-state index in [1.807, 2.05) is 0 Å². The summed E-state index contributed by atoms with van der Waals surface area (Å²) >= 11 is 5.96. The average Bonchev–Trinajstić information content (AvgIpc) is 3.43. The minimum Gasteiger partial charge on any atom is -0.335 e. The number of benzene rings is 1. The molecule has 1 aliphatic heterocycles. The number of amides is 3. The lowest BCUT2D eigenvalue weighted by molar-refractivity contribution is 0.0755. The normalized spacial score (nSPS) is 17.5. The number of H-pyrrole nitrogens is 1. The number of rotatable bonds is 3. The molecule has 2 N–H and O–H groups in total. The number of anilines is 1. The minimum atomic E-state index is -0.188. The molecule has 27 heavy (non-hydrogen) atoms. The Morgan fingerprint density at radius 3 is 2.67 bits per heavy atom. The Balaban J connectivity index is 1.37. The summed E-state index contributed by atoms with van der Waals surface area (Å²) in [5, 5.41) is 14.2. The van der Waals surface area contributed by atoms with Gasteiger partial charge in [-0.1, -0.05) is 17.7 Å². The molecule has 0 bridgehead atoms. The third-order valence-electron chi connectivity index (χ3n) is 4.89. The number of carbonyl (C=O) groups excluding carboxylic acids is 2. The van der Waals surface area contributed by atoms with Crippen molar-refractivity contribution in [2.45, 2.75) is 25.2 Å². The zero-order chi connectivity index (χ0) is 18.8. The van der Waals surface area contributed by atoms with Gasteiger partial charge in [-0.3, -0.25) is 4.79 Å². The topological polar surface area (TPSA) is 94.2 Å². The smallest absolute Gasteiger partial charge is 0.321 e. The van der Waals surface area contributed by atoms with Crippen molar-refractivity contribution in [1.29, 1.82) is 0 Å². The Kier molecular flexibility index (Phi) is 4.98. The molecule has 9 heteroatoms. The van der Waals surface area contributed by atoms with E-state index in [0.717, 1.165) is 18.5 Å². The van der Waals surface area contributed by atoms with Crippen molar-refractivity contribution in [3.8, 4) is 0 Å². The molecule has 1 aromatic carbocycles. The lowest BCUT2D eigenvalue weighted by Gasteiger charge is -2.22. The van der Waals surface area contributed by atoms with Crippen LogP contribution in [0.5, 0.6) is 0 Å². The summed E-state index contributed by atoms with van der Waals surface area (Å²) < 4.78 is 0. The van der Waals surface area contributed by atoms with Crippen LogP contribution in [0.25, 0.3) is 0 Å². The molecule has 0 unspecified atom stereocenters. The number of halogens is 1. The summed E-state index contributed by atoms with van der Waals surface area (Å²) in [6, 6.07) is 6.85. The Labute approximate surface area is 161 Å². The molecule has 3 amide bonds. The van der Waals surface area contributed by atoms with Crippen molar-refractivity contribution in [3.63, 3.8) is 0 Å². The number of hydrogen-bond donors (Lipinski definition) is 2. The molecular formula is C18H21ClN6O2. The molecule has 0 atom stereocenters. The fraction of sp³-hybridized carbons (Fsp3) is 0.444. The van der Waals surface area contributed by atoms with E-state index in [1.165, 1.54) is 0 Å². The molecule has 0 spiro atoms. The molecule has 1 saturated heterocycles. The zero-order valence-electron chi connectivity index (χ0n) is 14.8. The number of aromatic amines is 1. The predicted octanol–water partition coefficient (Wildman–Crippen LogP) is 2.72. The first kappa shape index (κ1) is 17.8. The van der Waals surface area contributed by atoms with E-state index in [9.17, 15) is 9.59 Å². The molecule has 2 fully saturated rings. The monoisotopic (exact) mass is 388 g/mol. The van der Waals surface area contributed by atoms with Gasteiger partial charge in [0.2, 0.25) is 0 Å². The van der Waals surface area contributed by atoms with Crippen LogP contribution in [0.2, 0.25) is 5.02 Å². The number of hydrogen-bond acceptors (Lipinski definition) is 4. The first-order valence-electron chi connectivity index (χ1n) is 9.13. The quantitative estimate of drug-likeness (QED) is 0.845. The molecular weight excluding hydrogens is 368 g/mol. The van der Waals surface area contributed by atoms with Gasteiger partial charge in [-0.05, 0) is 37.5 Å². The third kappa shape index (κ3) is 4.05. The molecule has 2 aromatic rings. The van der Waals surface area contributed by atoms with Gasteiger partial charge >= 0.3 is 6.03 Å². The largest absolute Gasteiger partial charge is 0.335 e. The lowest BCUT2D eigenvalue weighted by Crippen LogP contribution is -2.39. The molecule has 1 saturated carbocycles. The molecule has 1 aliphatic carbocycles. The third-order valence-corrected chi connectivity index (χ3v) is 5.12. The number of urea groups is 1. The fourth-order valence-corrected chi connectivity index (χ4v) is 3.47. The second-order valence-electron chi connectivity index (χ2n) is 6.91. The SMILES string of the molecule is O=C(Nc1cccc(Cl)c1)N1CCCN(C(=O)c2n[nH]nc2C2CC2)CC1. The second kappa shape index (κ2) is 7.56. The summed E-state index contributed by atoms with van der Waals surface area (Å²) in [5.41, 5.74) is 1.86.